The van der Waals surface area contributed by atoms with E-state index in [0.29, 0.717) is 5.69 Å². The summed E-state index contributed by atoms with van der Waals surface area (Å²) in [5.41, 5.74) is 1.71. The number of anilines is 1. The molecule has 0 radical (unpaired) electrons. The first kappa shape index (κ1) is 18.0. The van der Waals surface area contributed by atoms with Crippen molar-refractivity contribution in [3.63, 3.8) is 0 Å². The molecule has 0 fully saturated rings. The van der Waals surface area contributed by atoms with E-state index in [1.807, 2.05) is 13.0 Å². The summed E-state index contributed by atoms with van der Waals surface area (Å²) in [6.07, 6.45) is -1.15. The van der Waals surface area contributed by atoms with Crippen molar-refractivity contribution in [3.8, 4) is 0 Å². The Bertz CT molecular complexity index is 548. The second-order valence-electron chi connectivity index (χ2n) is 6.04. The van der Waals surface area contributed by atoms with E-state index in [0.717, 1.165) is 11.1 Å². The number of hydrogen-bond donors (Lipinski definition) is 2. The van der Waals surface area contributed by atoms with Gasteiger partial charge < -0.3 is 14.6 Å². The van der Waals surface area contributed by atoms with Gasteiger partial charge in [0.2, 0.25) is 0 Å². The minimum atomic E-state index is -1.00. The van der Waals surface area contributed by atoms with E-state index >= 15 is 0 Å². The van der Waals surface area contributed by atoms with Crippen LogP contribution in [0.4, 0.5) is 10.5 Å². The fourth-order valence-electron chi connectivity index (χ4n) is 1.89. The highest BCUT2D eigenvalue weighted by atomic mass is 16.6. The number of amides is 1. The number of aliphatic carboxylic acids is 1. The van der Waals surface area contributed by atoms with Crippen molar-refractivity contribution in [1.82, 2.24) is 0 Å². The largest absolute Gasteiger partial charge is 0.479 e. The molecule has 1 aromatic carbocycles. The normalized spacial score (nSPS) is 12.6. The molecule has 122 valence electrons. The average Bonchev–Trinajstić information content (AvgIpc) is 2.36. The molecule has 1 atom stereocenters. The van der Waals surface area contributed by atoms with Gasteiger partial charge in [0.15, 0.2) is 6.10 Å². The summed E-state index contributed by atoms with van der Waals surface area (Å²) in [7, 11) is 1.37. The van der Waals surface area contributed by atoms with Crippen LogP contribution >= 0.6 is 0 Å². The molecule has 0 saturated heterocycles. The molecule has 2 N–H and O–H groups in total. The summed E-state index contributed by atoms with van der Waals surface area (Å²) >= 11 is 0. The molecule has 0 bridgehead atoms. The van der Waals surface area contributed by atoms with Crippen molar-refractivity contribution in [2.24, 2.45) is 0 Å². The molecule has 0 spiro atoms. The van der Waals surface area contributed by atoms with Gasteiger partial charge in [-0.1, -0.05) is 12.1 Å². The van der Waals surface area contributed by atoms with Gasteiger partial charge >= 0.3 is 12.1 Å². The van der Waals surface area contributed by atoms with Crippen LogP contribution in [0.2, 0.25) is 0 Å². The first-order valence-corrected chi connectivity index (χ1v) is 6.97. The first-order chi connectivity index (χ1) is 10.1. The molecular weight excluding hydrogens is 286 g/mol. The van der Waals surface area contributed by atoms with Crippen LogP contribution in [-0.4, -0.2) is 36.0 Å². The maximum atomic E-state index is 11.7. The Labute approximate surface area is 130 Å². The Kier molecular flexibility index (Phi) is 5.93. The van der Waals surface area contributed by atoms with E-state index < -0.39 is 23.8 Å². The number of aryl methyl sites for hydroxylation is 1. The van der Waals surface area contributed by atoms with Crippen molar-refractivity contribution >= 4 is 17.7 Å². The van der Waals surface area contributed by atoms with E-state index in [4.69, 9.17) is 14.6 Å². The lowest BCUT2D eigenvalue weighted by Crippen LogP contribution is -2.27. The smallest absolute Gasteiger partial charge is 0.412 e. The number of benzene rings is 1. The number of carboxylic acids is 1. The Morgan fingerprint density at radius 1 is 1.32 bits per heavy atom. The molecule has 1 aromatic rings. The van der Waals surface area contributed by atoms with E-state index in [1.165, 1.54) is 7.11 Å². The van der Waals surface area contributed by atoms with Crippen molar-refractivity contribution in [2.45, 2.75) is 45.8 Å². The summed E-state index contributed by atoms with van der Waals surface area (Å²) in [5.74, 6) is -1.00. The number of hydrogen-bond acceptors (Lipinski definition) is 4. The van der Waals surface area contributed by atoms with Gasteiger partial charge in [0.1, 0.15) is 5.60 Å². The lowest BCUT2D eigenvalue weighted by molar-refractivity contribution is -0.148. The predicted molar refractivity (Wildman–Crippen MR) is 83.2 cm³/mol. The van der Waals surface area contributed by atoms with Crippen molar-refractivity contribution in [2.75, 3.05) is 12.4 Å². The molecule has 0 aliphatic rings. The molecular formula is C16H23NO5. The Morgan fingerprint density at radius 2 is 1.95 bits per heavy atom. The van der Waals surface area contributed by atoms with Crippen molar-refractivity contribution in [3.05, 3.63) is 29.3 Å². The summed E-state index contributed by atoms with van der Waals surface area (Å²) in [4.78, 5) is 22.7. The molecule has 6 heteroatoms. The molecule has 6 nitrogen and oxygen atoms in total. The quantitative estimate of drug-likeness (QED) is 0.873. The highest BCUT2D eigenvalue weighted by molar-refractivity contribution is 5.86. The number of methoxy groups -OCH3 is 1. The summed E-state index contributed by atoms with van der Waals surface area (Å²) in [5, 5.41) is 11.7. The average molecular weight is 309 g/mol. The minimum absolute atomic E-state index is 0.263. The van der Waals surface area contributed by atoms with Gasteiger partial charge in [0.25, 0.3) is 0 Å². The molecule has 1 rings (SSSR count). The number of rotatable bonds is 5. The highest BCUT2D eigenvalue weighted by Gasteiger charge is 2.19. The van der Waals surface area contributed by atoms with Crippen LogP contribution in [0.1, 0.15) is 31.9 Å². The van der Waals surface area contributed by atoms with Crippen LogP contribution < -0.4 is 5.32 Å². The summed E-state index contributed by atoms with van der Waals surface area (Å²) in [6.45, 7) is 7.21. The number of nitrogens with one attached hydrogen (secondary N) is 1. The number of ether oxygens (including phenoxy) is 2. The molecule has 0 aromatic heterocycles. The van der Waals surface area contributed by atoms with Gasteiger partial charge in [-0.25, -0.2) is 9.59 Å². The third kappa shape index (κ3) is 5.73. The molecule has 22 heavy (non-hydrogen) atoms. The third-order valence-electron chi connectivity index (χ3n) is 2.91. The highest BCUT2D eigenvalue weighted by Crippen LogP contribution is 2.19. The number of carbonyl (C=O) groups is 2. The van der Waals surface area contributed by atoms with Crippen molar-refractivity contribution < 1.29 is 24.2 Å². The van der Waals surface area contributed by atoms with E-state index in [2.05, 4.69) is 5.32 Å². The Hall–Kier alpha value is -2.08. The van der Waals surface area contributed by atoms with E-state index in [1.54, 1.807) is 32.9 Å². The Morgan fingerprint density at radius 3 is 2.41 bits per heavy atom. The van der Waals surface area contributed by atoms with Crippen LogP contribution in [0, 0.1) is 6.92 Å². The predicted octanol–water partition coefficient (Wildman–Crippen LogP) is 2.98. The number of carboxylic acid groups (broad SMARTS) is 1. The van der Waals surface area contributed by atoms with Crippen molar-refractivity contribution in [1.29, 1.82) is 0 Å². The van der Waals surface area contributed by atoms with Gasteiger partial charge in [-0.3, -0.25) is 5.32 Å². The molecule has 0 saturated carbocycles. The molecule has 0 heterocycles. The minimum Gasteiger partial charge on any atom is -0.479 e. The lowest BCUT2D eigenvalue weighted by Gasteiger charge is -2.20. The van der Waals surface area contributed by atoms with Crippen LogP contribution in [0.3, 0.4) is 0 Å². The van der Waals surface area contributed by atoms with Crippen LogP contribution in [-0.2, 0) is 20.7 Å². The lowest BCUT2D eigenvalue weighted by atomic mass is 10.0. The van der Waals surface area contributed by atoms with E-state index in [9.17, 15) is 9.59 Å². The maximum absolute atomic E-state index is 11.7. The summed E-state index contributed by atoms with van der Waals surface area (Å²) < 4.78 is 10.1. The van der Waals surface area contributed by atoms with Gasteiger partial charge in [-0.05, 0) is 44.9 Å². The third-order valence-corrected chi connectivity index (χ3v) is 2.91. The van der Waals surface area contributed by atoms with Gasteiger partial charge in [0, 0.05) is 19.2 Å². The van der Waals surface area contributed by atoms with Crippen LogP contribution in [0.25, 0.3) is 0 Å². The van der Waals surface area contributed by atoms with Gasteiger partial charge in [-0.15, -0.1) is 0 Å². The monoisotopic (exact) mass is 309 g/mol. The topological polar surface area (TPSA) is 84.9 Å². The molecule has 1 unspecified atom stereocenters. The van der Waals surface area contributed by atoms with Crippen LogP contribution in [0.5, 0.6) is 0 Å². The van der Waals surface area contributed by atoms with E-state index in [-0.39, 0.29) is 6.42 Å². The summed E-state index contributed by atoms with van der Waals surface area (Å²) in [6, 6.07) is 5.31. The number of carbonyl (C=O) groups excluding carboxylic acids is 1. The standard InChI is InChI=1S/C16H23NO5/c1-10-8-11(9-13(21-5)14(18)19)6-7-12(10)17-15(20)22-16(2,3)4/h6-8,13H,9H2,1-5H3,(H,17,20)(H,18,19). The maximum Gasteiger partial charge on any atom is 0.412 e. The van der Waals surface area contributed by atoms with Gasteiger partial charge in [-0.2, -0.15) is 0 Å². The fraction of sp³-hybridized carbons (Fsp3) is 0.500. The zero-order valence-electron chi connectivity index (χ0n) is 13.6. The van der Waals surface area contributed by atoms with Crippen LogP contribution in [0.15, 0.2) is 18.2 Å². The second-order valence-corrected chi connectivity index (χ2v) is 6.04. The molecule has 0 aliphatic heterocycles. The Balaban J connectivity index is 2.77. The SMILES string of the molecule is COC(Cc1ccc(NC(=O)OC(C)(C)C)c(C)c1)C(=O)O. The zero-order chi connectivity index (χ0) is 16.9. The second kappa shape index (κ2) is 7.26. The van der Waals surface area contributed by atoms with Gasteiger partial charge in [0.05, 0.1) is 0 Å². The zero-order valence-corrected chi connectivity index (χ0v) is 13.6. The first-order valence-electron chi connectivity index (χ1n) is 6.97. The fourth-order valence-corrected chi connectivity index (χ4v) is 1.89. The molecule has 0 aliphatic carbocycles. The molecule has 1 amide bonds.